The van der Waals surface area contributed by atoms with Gasteiger partial charge in [-0.05, 0) is 73.8 Å². The minimum Gasteiger partial charge on any atom is -0.455 e. The van der Waals surface area contributed by atoms with Crippen LogP contribution in [0.4, 0.5) is 13.2 Å². The number of aromatic nitrogens is 1. The summed E-state index contributed by atoms with van der Waals surface area (Å²) in [6.07, 6.45) is -3.71. The molecule has 8 rings (SSSR count). The molecule has 0 bridgehead atoms. The molecule has 2 heterocycles. The highest BCUT2D eigenvalue weighted by molar-refractivity contribution is 6.02. The van der Waals surface area contributed by atoms with Gasteiger partial charge in [0.05, 0.1) is 11.3 Å². The maximum Gasteiger partial charge on any atom is 0.418 e. The first kappa shape index (κ1) is 29.0. The summed E-state index contributed by atoms with van der Waals surface area (Å²) in [6.45, 7) is 6.41. The lowest BCUT2D eigenvalue weighted by molar-refractivity contribution is -0.137. The van der Waals surface area contributed by atoms with Gasteiger partial charge >= 0.3 is 6.18 Å². The van der Waals surface area contributed by atoms with Gasteiger partial charge in [0.2, 0.25) is 0 Å². The van der Waals surface area contributed by atoms with Crippen LogP contribution in [0.3, 0.4) is 0 Å². The summed E-state index contributed by atoms with van der Waals surface area (Å²) in [4.78, 5) is 4.38. The van der Waals surface area contributed by atoms with E-state index in [0.29, 0.717) is 11.5 Å². The SMILES string of the molecule is CC(C)(C)c1cc(-c2cc(-c3cc4c(o3)-c3ccccc3-c3ccccc3-c3ccccc3-4)c(C(F)(F)F)cn2)cc2ccccc12. The zero-order chi connectivity index (χ0) is 32.5. The van der Waals surface area contributed by atoms with E-state index in [1.54, 1.807) is 6.07 Å². The predicted octanol–water partition coefficient (Wildman–Crippen LogP) is 12.5. The Morgan fingerprint density at radius 1 is 0.532 bits per heavy atom. The van der Waals surface area contributed by atoms with Crippen molar-refractivity contribution in [2.45, 2.75) is 32.4 Å². The lowest BCUT2D eigenvalue weighted by Gasteiger charge is -2.23. The van der Waals surface area contributed by atoms with Crippen molar-refractivity contribution in [1.82, 2.24) is 4.98 Å². The van der Waals surface area contributed by atoms with Crippen molar-refractivity contribution in [2.24, 2.45) is 0 Å². The number of rotatable bonds is 2. The molecule has 0 amide bonds. The molecule has 47 heavy (non-hydrogen) atoms. The zero-order valence-corrected chi connectivity index (χ0v) is 26.1. The average molecular weight is 622 g/mol. The van der Waals surface area contributed by atoms with Gasteiger partial charge in [-0.15, -0.1) is 0 Å². The van der Waals surface area contributed by atoms with E-state index in [2.05, 4.69) is 50.0 Å². The van der Waals surface area contributed by atoms with Gasteiger partial charge in [-0.25, -0.2) is 0 Å². The molecule has 0 saturated heterocycles. The third-order valence-corrected chi connectivity index (χ3v) is 9.07. The monoisotopic (exact) mass is 621 g/mol. The molecule has 1 aliphatic carbocycles. The van der Waals surface area contributed by atoms with Gasteiger partial charge in [-0.1, -0.05) is 118 Å². The Kier molecular flexibility index (Phi) is 6.52. The van der Waals surface area contributed by atoms with Crippen LogP contribution in [0.1, 0.15) is 31.9 Å². The molecule has 1 aliphatic rings. The molecule has 0 atom stereocenters. The molecule has 2 aromatic heterocycles. The lowest BCUT2D eigenvalue weighted by atomic mass is 9.82. The molecule has 7 aromatic rings. The van der Waals surface area contributed by atoms with Crippen LogP contribution < -0.4 is 0 Å². The van der Waals surface area contributed by atoms with E-state index >= 15 is 0 Å². The summed E-state index contributed by atoms with van der Waals surface area (Å²) in [6, 6.07) is 39.5. The number of pyridine rings is 1. The molecule has 230 valence electrons. The fourth-order valence-corrected chi connectivity index (χ4v) is 6.87. The Bertz CT molecular complexity index is 2250. The number of alkyl halides is 3. The van der Waals surface area contributed by atoms with Gasteiger partial charge < -0.3 is 4.42 Å². The second-order valence-electron chi connectivity index (χ2n) is 13.1. The lowest BCUT2D eigenvalue weighted by Crippen LogP contribution is -2.12. The smallest absolute Gasteiger partial charge is 0.418 e. The van der Waals surface area contributed by atoms with Crippen molar-refractivity contribution in [3.8, 4) is 67.3 Å². The van der Waals surface area contributed by atoms with E-state index < -0.39 is 11.7 Å². The number of nitrogens with zero attached hydrogens (tertiary/aromatic N) is 1. The van der Waals surface area contributed by atoms with Gasteiger partial charge in [-0.3, -0.25) is 4.98 Å². The second kappa shape index (κ2) is 10.6. The van der Waals surface area contributed by atoms with Crippen molar-refractivity contribution in [1.29, 1.82) is 0 Å². The third-order valence-electron chi connectivity index (χ3n) is 9.07. The quantitative estimate of drug-likeness (QED) is 0.192. The van der Waals surface area contributed by atoms with Crippen molar-refractivity contribution >= 4 is 10.8 Å². The van der Waals surface area contributed by atoms with Crippen molar-refractivity contribution in [3.63, 3.8) is 0 Å². The van der Waals surface area contributed by atoms with Gasteiger partial charge in [-0.2, -0.15) is 13.2 Å². The first-order valence-electron chi connectivity index (χ1n) is 15.6. The highest BCUT2D eigenvalue weighted by Crippen LogP contribution is 2.51. The summed E-state index contributed by atoms with van der Waals surface area (Å²) in [5.74, 6) is 0.670. The summed E-state index contributed by atoms with van der Waals surface area (Å²) >= 11 is 0. The van der Waals surface area contributed by atoms with Crippen molar-refractivity contribution in [3.05, 3.63) is 139 Å². The molecule has 2 nitrogen and oxygen atoms in total. The van der Waals surface area contributed by atoms with Crippen molar-refractivity contribution < 1.29 is 17.6 Å². The van der Waals surface area contributed by atoms with E-state index in [1.165, 1.54) is 6.07 Å². The molecule has 0 unspecified atom stereocenters. The molecule has 0 spiro atoms. The van der Waals surface area contributed by atoms with Gasteiger partial charge in [0.25, 0.3) is 0 Å². The van der Waals surface area contributed by atoms with Crippen LogP contribution in [0.15, 0.2) is 132 Å². The molecule has 0 fully saturated rings. The Labute approximate surface area is 271 Å². The Balaban J connectivity index is 1.39. The minimum atomic E-state index is -4.64. The highest BCUT2D eigenvalue weighted by Gasteiger charge is 2.36. The Morgan fingerprint density at radius 2 is 1.06 bits per heavy atom. The number of hydrogen-bond donors (Lipinski definition) is 0. The third kappa shape index (κ3) is 4.85. The maximum absolute atomic E-state index is 14.7. The normalized spacial score (nSPS) is 12.5. The first-order valence-corrected chi connectivity index (χ1v) is 15.6. The number of furan rings is 1. The van der Waals surface area contributed by atoms with E-state index in [0.717, 1.165) is 67.0 Å². The minimum absolute atomic E-state index is 0.0489. The van der Waals surface area contributed by atoms with Crippen molar-refractivity contribution in [2.75, 3.05) is 0 Å². The molecule has 5 heteroatoms. The number of halogens is 3. The van der Waals surface area contributed by atoms with Crippen LogP contribution >= 0.6 is 0 Å². The summed E-state index contributed by atoms with van der Waals surface area (Å²) in [5.41, 5.74) is 7.70. The molecule has 0 radical (unpaired) electrons. The maximum atomic E-state index is 14.7. The van der Waals surface area contributed by atoms with E-state index in [9.17, 15) is 13.2 Å². The molecular weight excluding hydrogens is 591 g/mol. The van der Waals surface area contributed by atoms with Crippen LogP contribution in [0.25, 0.3) is 78.1 Å². The van der Waals surface area contributed by atoms with Crippen LogP contribution in [0, 0.1) is 0 Å². The second-order valence-corrected chi connectivity index (χ2v) is 13.1. The summed E-state index contributed by atoms with van der Waals surface area (Å²) in [7, 11) is 0. The largest absolute Gasteiger partial charge is 0.455 e. The predicted molar refractivity (Wildman–Crippen MR) is 184 cm³/mol. The molecule has 0 saturated carbocycles. The van der Waals surface area contributed by atoms with Crippen LogP contribution in [-0.4, -0.2) is 4.98 Å². The summed E-state index contributed by atoms with van der Waals surface area (Å²) in [5, 5.41) is 2.12. The van der Waals surface area contributed by atoms with E-state index in [-0.39, 0.29) is 16.7 Å². The summed E-state index contributed by atoms with van der Waals surface area (Å²) < 4.78 is 50.6. The Morgan fingerprint density at radius 3 is 1.66 bits per heavy atom. The number of benzene rings is 5. The van der Waals surface area contributed by atoms with Crippen LogP contribution in [0.2, 0.25) is 0 Å². The standard InChI is InChI=1S/C42H30F3NO/c1-41(2,3)36-21-26(20-25-12-4-5-13-27(25)36)38-22-35(37(24-46-38)42(43,44)45)39-23-34-32-18-9-8-16-30(32)28-14-6-7-15-29(28)31-17-10-11-19-33(31)40(34)47-39/h4-24H,1-3H3. The van der Waals surface area contributed by atoms with Gasteiger partial charge in [0.15, 0.2) is 0 Å². The zero-order valence-electron chi connectivity index (χ0n) is 26.1. The first-order chi connectivity index (χ1) is 22.6. The molecule has 0 aliphatic heterocycles. The topological polar surface area (TPSA) is 26.0 Å². The fraction of sp³-hybridized carbons (Fsp3) is 0.119. The number of fused-ring (bicyclic) bond motifs is 9. The van der Waals surface area contributed by atoms with E-state index in [4.69, 9.17) is 4.42 Å². The number of hydrogen-bond acceptors (Lipinski definition) is 2. The van der Waals surface area contributed by atoms with E-state index in [1.807, 2.05) is 84.9 Å². The van der Waals surface area contributed by atoms with Gasteiger partial charge in [0, 0.05) is 28.5 Å². The molecular formula is C42H30F3NO. The average Bonchev–Trinajstić information content (AvgIpc) is 3.51. The molecule has 0 N–H and O–H groups in total. The van der Waals surface area contributed by atoms with Crippen LogP contribution in [0.5, 0.6) is 0 Å². The molecule has 5 aromatic carbocycles. The highest BCUT2D eigenvalue weighted by atomic mass is 19.4. The fourth-order valence-electron chi connectivity index (χ4n) is 6.87. The Hall–Kier alpha value is -5.42. The van der Waals surface area contributed by atoms with Gasteiger partial charge in [0.1, 0.15) is 11.5 Å². The van der Waals surface area contributed by atoms with Crippen LogP contribution in [-0.2, 0) is 11.6 Å².